The van der Waals surface area contributed by atoms with Crippen LogP contribution in [0, 0.1) is 5.41 Å². The average molecular weight is 429 g/mol. The number of amides is 2. The molecule has 2 heterocycles. The summed E-state index contributed by atoms with van der Waals surface area (Å²) in [5.41, 5.74) is 6.10. The molecule has 1 atom stereocenters. The summed E-state index contributed by atoms with van der Waals surface area (Å²) in [5.74, 6) is -0.0548. The monoisotopic (exact) mass is 428 g/mol. The third-order valence-electron chi connectivity index (χ3n) is 5.23. The predicted octanol–water partition coefficient (Wildman–Crippen LogP) is 3.01. The van der Waals surface area contributed by atoms with Crippen LogP contribution in [-0.4, -0.2) is 53.7 Å². The van der Waals surface area contributed by atoms with Gasteiger partial charge in [0.25, 0.3) is 0 Å². The van der Waals surface area contributed by atoms with E-state index in [-0.39, 0.29) is 11.9 Å². The van der Waals surface area contributed by atoms with Crippen molar-refractivity contribution in [2.24, 2.45) is 5.73 Å². The van der Waals surface area contributed by atoms with Crippen LogP contribution in [0.2, 0.25) is 0 Å². The van der Waals surface area contributed by atoms with Crippen molar-refractivity contribution >= 4 is 29.0 Å². The minimum atomic E-state index is -0.406. The van der Waals surface area contributed by atoms with Crippen molar-refractivity contribution in [2.45, 2.75) is 32.2 Å². The largest absolute Gasteiger partial charge is 0.494 e. The van der Waals surface area contributed by atoms with Gasteiger partial charge in [-0.15, -0.1) is 11.3 Å². The number of unbranched alkanes of at least 4 members (excludes halogenated alkanes) is 1. The molecule has 30 heavy (non-hydrogen) atoms. The molecule has 1 saturated heterocycles. The van der Waals surface area contributed by atoms with Crippen LogP contribution in [0.15, 0.2) is 41.8 Å². The van der Waals surface area contributed by atoms with Gasteiger partial charge in [-0.2, -0.15) is 0 Å². The van der Waals surface area contributed by atoms with E-state index in [1.54, 1.807) is 45.4 Å². The lowest BCUT2D eigenvalue weighted by Crippen LogP contribution is -2.55. The van der Waals surface area contributed by atoms with Gasteiger partial charge < -0.3 is 20.3 Å². The Morgan fingerprint density at radius 1 is 1.17 bits per heavy atom. The van der Waals surface area contributed by atoms with Gasteiger partial charge in [-0.25, -0.2) is 0 Å². The van der Waals surface area contributed by atoms with Gasteiger partial charge in [0.1, 0.15) is 11.6 Å². The van der Waals surface area contributed by atoms with Crippen LogP contribution in [-0.2, 0) is 9.59 Å². The molecule has 0 saturated carbocycles. The molecule has 1 unspecified atom stereocenters. The first-order valence-electron chi connectivity index (χ1n) is 10.2. The van der Waals surface area contributed by atoms with E-state index in [4.69, 9.17) is 15.9 Å². The fourth-order valence-electron chi connectivity index (χ4n) is 3.58. The highest BCUT2D eigenvalue weighted by Gasteiger charge is 2.36. The first-order valence-corrected chi connectivity index (χ1v) is 11.1. The summed E-state index contributed by atoms with van der Waals surface area (Å²) in [6.45, 7) is 4.26. The highest BCUT2D eigenvalue weighted by molar-refractivity contribution is 7.10. The van der Waals surface area contributed by atoms with Crippen LogP contribution in [0.1, 0.15) is 42.7 Å². The number of nitrogens with zero attached hydrogens (tertiary/aromatic N) is 2. The lowest BCUT2D eigenvalue weighted by Gasteiger charge is -2.38. The molecule has 1 aliphatic heterocycles. The molecule has 1 aromatic carbocycles. The highest BCUT2D eigenvalue weighted by Crippen LogP contribution is 2.29. The van der Waals surface area contributed by atoms with Crippen molar-refractivity contribution in [1.29, 1.82) is 5.41 Å². The van der Waals surface area contributed by atoms with Crippen LogP contribution < -0.4 is 10.5 Å². The lowest BCUT2D eigenvalue weighted by molar-refractivity contribution is -0.158. The molecular weight excluding hydrogens is 400 g/mol. The van der Waals surface area contributed by atoms with Gasteiger partial charge in [0.2, 0.25) is 0 Å². The summed E-state index contributed by atoms with van der Waals surface area (Å²) in [4.78, 5) is 29.7. The second-order valence-corrected chi connectivity index (χ2v) is 8.20. The van der Waals surface area contributed by atoms with Crippen LogP contribution in [0.4, 0.5) is 0 Å². The smallest absolute Gasteiger partial charge is 0.312 e. The number of nitrogens with two attached hydrogens (primary N) is 1. The second kappa shape index (κ2) is 10.2. The number of nitrogen functional groups attached to an aromatic ring is 1. The number of rotatable bonds is 10. The van der Waals surface area contributed by atoms with Gasteiger partial charge in [0.05, 0.1) is 12.6 Å². The maximum atomic E-state index is 12.7. The number of benzene rings is 1. The Hall–Kier alpha value is -2.87. The number of hydrogen-bond acceptors (Lipinski definition) is 5. The number of amidine groups is 1. The first kappa shape index (κ1) is 21.8. The van der Waals surface area contributed by atoms with E-state index in [9.17, 15) is 9.59 Å². The molecule has 7 nitrogen and oxygen atoms in total. The van der Waals surface area contributed by atoms with Crippen LogP contribution in [0.5, 0.6) is 5.75 Å². The van der Waals surface area contributed by atoms with Crippen LogP contribution >= 0.6 is 11.3 Å². The Morgan fingerprint density at radius 3 is 2.57 bits per heavy atom. The zero-order valence-corrected chi connectivity index (χ0v) is 18.0. The summed E-state index contributed by atoms with van der Waals surface area (Å²) in [5, 5.41) is 9.39. The number of ether oxygens (including phenoxy) is 1. The van der Waals surface area contributed by atoms with Crippen molar-refractivity contribution < 1.29 is 14.3 Å². The Bertz CT molecular complexity index is 867. The number of carbonyl (C=O) groups excluding carboxylic acids is 2. The number of carbonyl (C=O) groups is 2. The molecule has 3 rings (SSSR count). The van der Waals surface area contributed by atoms with Crippen molar-refractivity contribution in [3.8, 4) is 5.75 Å². The Morgan fingerprint density at radius 2 is 1.93 bits per heavy atom. The molecule has 3 N–H and O–H groups in total. The minimum absolute atomic E-state index is 0.0219. The molecule has 1 aliphatic rings. The van der Waals surface area contributed by atoms with E-state index >= 15 is 0 Å². The SMILES string of the molecule is CCC(c1cccs1)N1CCN(CCCCOc2ccc(C(=N)N)cc2)C(=O)C1=O. The van der Waals surface area contributed by atoms with Gasteiger partial charge in [0.15, 0.2) is 0 Å². The Balaban J connectivity index is 1.42. The maximum Gasteiger partial charge on any atom is 0.312 e. The molecule has 2 amide bonds. The average Bonchev–Trinajstić information content (AvgIpc) is 3.27. The third-order valence-corrected chi connectivity index (χ3v) is 6.21. The first-order chi connectivity index (χ1) is 14.5. The molecule has 0 radical (unpaired) electrons. The van der Waals surface area contributed by atoms with E-state index in [0.29, 0.717) is 31.8 Å². The van der Waals surface area contributed by atoms with Crippen molar-refractivity contribution in [3.63, 3.8) is 0 Å². The molecular formula is C22H28N4O3S. The zero-order valence-electron chi connectivity index (χ0n) is 17.2. The molecule has 1 fully saturated rings. The topological polar surface area (TPSA) is 99.7 Å². The number of nitrogens with one attached hydrogen (secondary N) is 1. The molecule has 1 aromatic heterocycles. The van der Waals surface area contributed by atoms with Gasteiger partial charge >= 0.3 is 11.8 Å². The minimum Gasteiger partial charge on any atom is -0.494 e. The Kier molecular flexibility index (Phi) is 7.46. The summed E-state index contributed by atoms with van der Waals surface area (Å²) in [6, 6.07) is 11.1. The standard InChI is InChI=1S/C22H28N4O3S/c1-2-18(19-6-5-15-30-19)26-13-12-25(21(27)22(26)28)11-3-4-14-29-17-9-7-16(8-10-17)20(23)24/h5-10,15,18H,2-4,11-14H2,1H3,(H3,23,24). The number of hydrogen-bond donors (Lipinski definition) is 2. The van der Waals surface area contributed by atoms with E-state index in [1.807, 2.05) is 24.4 Å². The second-order valence-electron chi connectivity index (χ2n) is 7.22. The van der Waals surface area contributed by atoms with E-state index in [1.165, 1.54) is 0 Å². The molecule has 8 heteroatoms. The fourth-order valence-corrected chi connectivity index (χ4v) is 4.50. The quantitative estimate of drug-likeness (QED) is 0.263. The molecule has 0 bridgehead atoms. The van der Waals surface area contributed by atoms with Crippen LogP contribution in [0.25, 0.3) is 0 Å². The highest BCUT2D eigenvalue weighted by atomic mass is 32.1. The van der Waals surface area contributed by atoms with Gasteiger partial charge in [-0.1, -0.05) is 13.0 Å². The Labute approximate surface area is 180 Å². The fraction of sp³-hybridized carbons (Fsp3) is 0.409. The summed E-state index contributed by atoms with van der Waals surface area (Å²) < 4.78 is 5.69. The van der Waals surface area contributed by atoms with Gasteiger partial charge in [-0.05, 0) is 55.0 Å². The van der Waals surface area contributed by atoms with E-state index in [2.05, 4.69) is 0 Å². The number of thiophene rings is 1. The maximum absolute atomic E-state index is 12.7. The van der Waals surface area contributed by atoms with Crippen molar-refractivity contribution in [1.82, 2.24) is 9.80 Å². The molecule has 2 aromatic rings. The van der Waals surface area contributed by atoms with Crippen molar-refractivity contribution in [2.75, 3.05) is 26.2 Å². The summed E-state index contributed by atoms with van der Waals surface area (Å²) in [7, 11) is 0. The third kappa shape index (κ3) is 5.18. The zero-order chi connectivity index (χ0) is 21.5. The van der Waals surface area contributed by atoms with Gasteiger partial charge in [-0.3, -0.25) is 15.0 Å². The molecule has 0 aliphatic carbocycles. The van der Waals surface area contributed by atoms with Gasteiger partial charge in [0, 0.05) is 30.1 Å². The van der Waals surface area contributed by atoms with Crippen molar-refractivity contribution in [3.05, 3.63) is 52.2 Å². The molecule has 160 valence electrons. The van der Waals surface area contributed by atoms with E-state index in [0.717, 1.165) is 29.9 Å². The summed E-state index contributed by atoms with van der Waals surface area (Å²) in [6.07, 6.45) is 2.35. The normalized spacial score (nSPS) is 15.4. The van der Waals surface area contributed by atoms with Crippen LogP contribution in [0.3, 0.4) is 0 Å². The van der Waals surface area contributed by atoms with E-state index < -0.39 is 11.8 Å². The lowest BCUT2D eigenvalue weighted by atomic mass is 10.1. The summed E-state index contributed by atoms with van der Waals surface area (Å²) >= 11 is 1.62. The number of piperazine rings is 1. The molecule has 0 spiro atoms. The predicted molar refractivity (Wildman–Crippen MR) is 118 cm³/mol.